The van der Waals surface area contributed by atoms with Gasteiger partial charge >= 0.3 is 0 Å². The minimum atomic E-state index is 0.494. The number of hydrogen-bond acceptors (Lipinski definition) is 4. The molecule has 0 radical (unpaired) electrons. The molecule has 4 heteroatoms. The van der Waals surface area contributed by atoms with E-state index >= 15 is 0 Å². The minimum Gasteiger partial charge on any atom is -0.352 e. The molecular weight excluding hydrogens is 248 g/mol. The number of nitrogens with zero attached hydrogens (tertiary/aromatic N) is 3. The molecule has 4 nitrogen and oxygen atoms in total. The van der Waals surface area contributed by atoms with Crippen LogP contribution >= 0.6 is 0 Å². The third-order valence-corrected chi connectivity index (χ3v) is 4.03. The van der Waals surface area contributed by atoms with Crippen molar-refractivity contribution in [2.75, 3.05) is 32.7 Å². The van der Waals surface area contributed by atoms with E-state index < -0.39 is 0 Å². The number of benzene rings is 1. The Morgan fingerprint density at radius 3 is 2.75 bits per heavy atom. The van der Waals surface area contributed by atoms with Crippen molar-refractivity contribution in [3.05, 3.63) is 35.9 Å². The van der Waals surface area contributed by atoms with Crippen LogP contribution in [0.1, 0.15) is 18.9 Å². The van der Waals surface area contributed by atoms with Gasteiger partial charge in [-0.15, -0.1) is 0 Å². The summed E-state index contributed by atoms with van der Waals surface area (Å²) < 4.78 is 0. The normalized spacial score (nSPS) is 24.1. The summed E-state index contributed by atoms with van der Waals surface area (Å²) in [5, 5.41) is 3.47. The lowest BCUT2D eigenvalue weighted by molar-refractivity contribution is 0.277. The average Bonchev–Trinajstić information content (AvgIpc) is 2.76. The van der Waals surface area contributed by atoms with E-state index in [0.717, 1.165) is 38.7 Å². The van der Waals surface area contributed by atoms with Crippen LogP contribution in [-0.4, -0.2) is 54.5 Å². The molecule has 0 spiro atoms. The highest BCUT2D eigenvalue weighted by molar-refractivity contribution is 5.81. The van der Waals surface area contributed by atoms with Crippen molar-refractivity contribution in [2.24, 2.45) is 4.99 Å². The molecule has 0 aromatic heterocycles. The molecule has 3 rings (SSSR count). The van der Waals surface area contributed by atoms with E-state index in [1.165, 1.54) is 18.5 Å². The van der Waals surface area contributed by atoms with Gasteiger partial charge in [0.25, 0.3) is 0 Å². The molecular formula is C16H24N4. The lowest BCUT2D eigenvalue weighted by Crippen LogP contribution is -2.43. The Kier molecular flexibility index (Phi) is 4.21. The number of nitrogens with one attached hydrogen (secondary N) is 1. The van der Waals surface area contributed by atoms with Gasteiger partial charge in [-0.3, -0.25) is 9.89 Å². The van der Waals surface area contributed by atoms with Gasteiger partial charge < -0.3 is 10.2 Å². The lowest BCUT2D eigenvalue weighted by atomic mass is 10.2. The minimum absolute atomic E-state index is 0.494. The van der Waals surface area contributed by atoms with Crippen LogP contribution in [0.2, 0.25) is 0 Å². The number of guanidine groups is 1. The van der Waals surface area contributed by atoms with Gasteiger partial charge in [0.05, 0.1) is 6.54 Å². The maximum Gasteiger partial charge on any atom is 0.194 e. The summed E-state index contributed by atoms with van der Waals surface area (Å²) >= 11 is 0. The molecule has 108 valence electrons. The van der Waals surface area contributed by atoms with Crippen LogP contribution in [0.4, 0.5) is 0 Å². The monoisotopic (exact) mass is 272 g/mol. The lowest BCUT2D eigenvalue weighted by Gasteiger charge is -2.24. The molecule has 1 fully saturated rings. The second-order valence-electron chi connectivity index (χ2n) is 5.81. The van der Waals surface area contributed by atoms with Crippen molar-refractivity contribution in [3.8, 4) is 0 Å². The van der Waals surface area contributed by atoms with Crippen molar-refractivity contribution in [3.63, 3.8) is 0 Å². The van der Waals surface area contributed by atoms with Crippen molar-refractivity contribution < 1.29 is 0 Å². The third-order valence-electron chi connectivity index (χ3n) is 4.03. The van der Waals surface area contributed by atoms with Gasteiger partial charge in [-0.05, 0) is 18.9 Å². The van der Waals surface area contributed by atoms with Gasteiger partial charge in [-0.2, -0.15) is 0 Å². The molecule has 1 unspecified atom stereocenters. The van der Waals surface area contributed by atoms with Crippen LogP contribution in [0.3, 0.4) is 0 Å². The Morgan fingerprint density at radius 2 is 2.00 bits per heavy atom. The van der Waals surface area contributed by atoms with Gasteiger partial charge in [0.1, 0.15) is 0 Å². The van der Waals surface area contributed by atoms with Crippen molar-refractivity contribution in [1.29, 1.82) is 0 Å². The molecule has 0 aliphatic carbocycles. The standard InChI is InChI=1S/C16H24N4/c1-14-12-17-16(18-14)20-9-5-8-19(10-11-20)13-15-6-3-2-4-7-15/h2-4,6-7,14H,5,8-13H2,1H3,(H,17,18). The molecule has 1 atom stereocenters. The fraction of sp³-hybridized carbons (Fsp3) is 0.562. The zero-order chi connectivity index (χ0) is 13.8. The van der Waals surface area contributed by atoms with E-state index in [4.69, 9.17) is 0 Å². The maximum atomic E-state index is 4.60. The van der Waals surface area contributed by atoms with Crippen molar-refractivity contribution >= 4 is 5.96 Å². The molecule has 0 bridgehead atoms. The van der Waals surface area contributed by atoms with Gasteiger partial charge in [-0.25, -0.2) is 0 Å². The summed E-state index contributed by atoms with van der Waals surface area (Å²) in [7, 11) is 0. The largest absolute Gasteiger partial charge is 0.352 e. The van der Waals surface area contributed by atoms with E-state index in [2.05, 4.69) is 57.4 Å². The molecule has 1 aromatic rings. The van der Waals surface area contributed by atoms with Crippen molar-refractivity contribution in [2.45, 2.75) is 25.9 Å². The zero-order valence-corrected chi connectivity index (χ0v) is 12.3. The smallest absolute Gasteiger partial charge is 0.194 e. The van der Waals surface area contributed by atoms with Gasteiger partial charge in [0.15, 0.2) is 5.96 Å². The van der Waals surface area contributed by atoms with Crippen molar-refractivity contribution in [1.82, 2.24) is 15.1 Å². The number of aliphatic imine (C=N–C) groups is 1. The Balaban J connectivity index is 1.54. The Bertz CT molecular complexity index is 457. The molecule has 20 heavy (non-hydrogen) atoms. The van der Waals surface area contributed by atoms with Crippen LogP contribution in [0.25, 0.3) is 0 Å². The molecule has 0 amide bonds. The van der Waals surface area contributed by atoms with Gasteiger partial charge in [0, 0.05) is 38.8 Å². The second-order valence-corrected chi connectivity index (χ2v) is 5.81. The van der Waals surface area contributed by atoms with E-state index in [0.29, 0.717) is 6.04 Å². The fourth-order valence-electron chi connectivity index (χ4n) is 2.91. The molecule has 2 heterocycles. The van der Waals surface area contributed by atoms with Gasteiger partial charge in [-0.1, -0.05) is 30.3 Å². The summed E-state index contributed by atoms with van der Waals surface area (Å²) in [5.74, 6) is 1.11. The van der Waals surface area contributed by atoms with E-state index in [1.54, 1.807) is 0 Å². The predicted molar refractivity (Wildman–Crippen MR) is 82.8 cm³/mol. The average molecular weight is 272 g/mol. The molecule has 2 aliphatic rings. The Morgan fingerprint density at radius 1 is 1.15 bits per heavy atom. The first-order valence-electron chi connectivity index (χ1n) is 7.63. The van der Waals surface area contributed by atoms with Crippen LogP contribution in [0, 0.1) is 0 Å². The highest BCUT2D eigenvalue weighted by Gasteiger charge is 2.21. The Hall–Kier alpha value is -1.55. The predicted octanol–water partition coefficient (Wildman–Crippen LogP) is 1.54. The third kappa shape index (κ3) is 3.31. The summed E-state index contributed by atoms with van der Waals surface area (Å²) in [6.07, 6.45) is 1.21. The molecule has 1 aromatic carbocycles. The molecule has 0 saturated carbocycles. The summed E-state index contributed by atoms with van der Waals surface area (Å²) in [5.41, 5.74) is 1.41. The molecule has 2 aliphatic heterocycles. The summed E-state index contributed by atoms with van der Waals surface area (Å²) in [4.78, 5) is 9.57. The molecule has 1 N–H and O–H groups in total. The maximum absolute atomic E-state index is 4.60. The second kappa shape index (κ2) is 6.27. The highest BCUT2D eigenvalue weighted by atomic mass is 15.3. The van der Waals surface area contributed by atoms with E-state index in [-0.39, 0.29) is 0 Å². The fourth-order valence-corrected chi connectivity index (χ4v) is 2.91. The first-order valence-corrected chi connectivity index (χ1v) is 7.63. The first kappa shape index (κ1) is 13.4. The quantitative estimate of drug-likeness (QED) is 0.886. The first-order chi connectivity index (χ1) is 9.81. The molecule has 1 saturated heterocycles. The Labute approximate surface area is 121 Å². The summed E-state index contributed by atoms with van der Waals surface area (Å²) in [6.45, 7) is 8.65. The number of hydrogen-bond donors (Lipinski definition) is 1. The van der Waals surface area contributed by atoms with Crippen LogP contribution < -0.4 is 5.32 Å². The SMILES string of the molecule is CC1CN=C(N2CCCN(Cc3ccccc3)CC2)N1. The highest BCUT2D eigenvalue weighted by Crippen LogP contribution is 2.10. The van der Waals surface area contributed by atoms with Crippen LogP contribution in [0.5, 0.6) is 0 Å². The zero-order valence-electron chi connectivity index (χ0n) is 12.3. The summed E-state index contributed by atoms with van der Waals surface area (Å²) in [6, 6.07) is 11.3. The van der Waals surface area contributed by atoms with Gasteiger partial charge in [0.2, 0.25) is 0 Å². The number of rotatable bonds is 2. The van der Waals surface area contributed by atoms with E-state index in [9.17, 15) is 0 Å². The van der Waals surface area contributed by atoms with Crippen LogP contribution in [0.15, 0.2) is 35.3 Å². The topological polar surface area (TPSA) is 30.9 Å². The van der Waals surface area contributed by atoms with E-state index in [1.807, 2.05) is 0 Å². The van der Waals surface area contributed by atoms with Crippen LogP contribution in [-0.2, 0) is 6.54 Å².